The van der Waals surface area contributed by atoms with E-state index in [1.165, 1.54) is 0 Å². The Bertz CT molecular complexity index is 251. The molecule has 0 amide bonds. The standard InChI is InChI=1S/C9H19N5O/c1-6(2)15-8-4-3-7(5-12-8)13-9(10)14-11/h3-6,8-9,12-14H,10-11H2,1-2H3. The zero-order valence-electron chi connectivity index (χ0n) is 9.03. The summed E-state index contributed by atoms with van der Waals surface area (Å²) < 4.78 is 5.53. The average Bonchev–Trinajstić information content (AvgIpc) is 2.20. The van der Waals surface area contributed by atoms with Crippen molar-refractivity contribution in [2.45, 2.75) is 32.5 Å². The fourth-order valence-corrected chi connectivity index (χ4v) is 1.16. The minimum Gasteiger partial charge on any atom is -0.361 e. The van der Waals surface area contributed by atoms with E-state index in [2.05, 4.69) is 16.1 Å². The summed E-state index contributed by atoms with van der Waals surface area (Å²) in [5, 5.41) is 6.01. The molecule has 15 heavy (non-hydrogen) atoms. The van der Waals surface area contributed by atoms with Crippen molar-refractivity contribution in [2.75, 3.05) is 0 Å². The minimum absolute atomic E-state index is 0.0855. The summed E-state index contributed by atoms with van der Waals surface area (Å²) in [4.78, 5) is 0. The van der Waals surface area contributed by atoms with E-state index in [0.29, 0.717) is 0 Å². The summed E-state index contributed by atoms with van der Waals surface area (Å²) in [6.45, 7) is 3.97. The van der Waals surface area contributed by atoms with Gasteiger partial charge in [0, 0.05) is 6.20 Å². The molecule has 0 bridgehead atoms. The predicted octanol–water partition coefficient (Wildman–Crippen LogP) is -0.966. The molecular formula is C9H19N5O. The lowest BCUT2D eigenvalue weighted by molar-refractivity contribution is 0.0233. The highest BCUT2D eigenvalue weighted by Gasteiger charge is 2.10. The van der Waals surface area contributed by atoms with E-state index in [0.717, 1.165) is 5.70 Å². The molecule has 0 radical (unpaired) electrons. The topological polar surface area (TPSA) is 97.4 Å². The number of hydrogen-bond acceptors (Lipinski definition) is 6. The van der Waals surface area contributed by atoms with Crippen LogP contribution < -0.4 is 27.6 Å². The quantitative estimate of drug-likeness (QED) is 0.229. The number of nitrogens with two attached hydrogens (primary N) is 2. The Hall–Kier alpha value is -1.08. The van der Waals surface area contributed by atoms with Crippen LogP contribution in [0.1, 0.15) is 13.8 Å². The molecule has 6 heteroatoms. The molecule has 0 saturated carbocycles. The van der Waals surface area contributed by atoms with Crippen LogP contribution in [0.15, 0.2) is 24.0 Å². The third-order valence-electron chi connectivity index (χ3n) is 1.77. The molecule has 1 aliphatic rings. The van der Waals surface area contributed by atoms with E-state index < -0.39 is 6.29 Å². The molecule has 0 aromatic carbocycles. The van der Waals surface area contributed by atoms with E-state index in [-0.39, 0.29) is 12.3 Å². The van der Waals surface area contributed by atoms with Gasteiger partial charge in [-0.2, -0.15) is 0 Å². The number of nitrogens with one attached hydrogen (secondary N) is 3. The Morgan fingerprint density at radius 2 is 2.27 bits per heavy atom. The first-order valence-electron chi connectivity index (χ1n) is 4.90. The smallest absolute Gasteiger partial charge is 0.147 e. The molecule has 2 atom stereocenters. The first kappa shape index (κ1) is 12.0. The number of ether oxygens (including phenoxy) is 1. The molecule has 1 heterocycles. The van der Waals surface area contributed by atoms with Crippen molar-refractivity contribution in [1.82, 2.24) is 16.1 Å². The van der Waals surface area contributed by atoms with Crippen LogP contribution in [-0.2, 0) is 4.74 Å². The Morgan fingerprint density at radius 1 is 1.53 bits per heavy atom. The number of hydrogen-bond donors (Lipinski definition) is 5. The van der Waals surface area contributed by atoms with Crippen molar-refractivity contribution >= 4 is 0 Å². The molecule has 1 aliphatic heterocycles. The van der Waals surface area contributed by atoms with Gasteiger partial charge in [-0.15, -0.1) is 0 Å². The van der Waals surface area contributed by atoms with E-state index >= 15 is 0 Å². The first-order chi connectivity index (χ1) is 7.11. The molecule has 1 rings (SSSR count). The molecule has 2 unspecified atom stereocenters. The molecule has 0 fully saturated rings. The Labute approximate surface area is 89.7 Å². The molecular weight excluding hydrogens is 194 g/mol. The SMILES string of the molecule is CC(C)OC1C=CC(NC(N)NN)=CN1. The second kappa shape index (κ2) is 5.72. The molecule has 0 aromatic heterocycles. The lowest BCUT2D eigenvalue weighted by atomic mass is 10.3. The van der Waals surface area contributed by atoms with Crippen molar-refractivity contribution in [1.29, 1.82) is 0 Å². The molecule has 6 nitrogen and oxygen atoms in total. The summed E-state index contributed by atoms with van der Waals surface area (Å²) in [7, 11) is 0. The molecule has 0 aromatic rings. The fourth-order valence-electron chi connectivity index (χ4n) is 1.16. The van der Waals surface area contributed by atoms with Crippen molar-refractivity contribution in [3.8, 4) is 0 Å². The van der Waals surface area contributed by atoms with Gasteiger partial charge in [0.1, 0.15) is 12.5 Å². The Morgan fingerprint density at radius 3 is 2.73 bits per heavy atom. The van der Waals surface area contributed by atoms with Crippen LogP contribution >= 0.6 is 0 Å². The Kier molecular flexibility index (Phi) is 4.57. The second-order valence-electron chi connectivity index (χ2n) is 3.52. The van der Waals surface area contributed by atoms with Crippen molar-refractivity contribution in [3.05, 3.63) is 24.0 Å². The zero-order valence-corrected chi connectivity index (χ0v) is 9.03. The maximum Gasteiger partial charge on any atom is 0.147 e. The van der Waals surface area contributed by atoms with Crippen LogP contribution in [-0.4, -0.2) is 18.6 Å². The van der Waals surface area contributed by atoms with Gasteiger partial charge in [0.25, 0.3) is 0 Å². The first-order valence-corrected chi connectivity index (χ1v) is 4.90. The van der Waals surface area contributed by atoms with Crippen LogP contribution in [0, 0.1) is 0 Å². The highest BCUT2D eigenvalue weighted by molar-refractivity contribution is 5.21. The minimum atomic E-state index is -0.467. The van der Waals surface area contributed by atoms with Gasteiger partial charge in [0.05, 0.1) is 11.8 Å². The van der Waals surface area contributed by atoms with E-state index in [9.17, 15) is 0 Å². The van der Waals surface area contributed by atoms with Gasteiger partial charge in [-0.05, 0) is 26.0 Å². The van der Waals surface area contributed by atoms with E-state index in [4.69, 9.17) is 16.3 Å². The number of allylic oxidation sites excluding steroid dienone is 1. The van der Waals surface area contributed by atoms with Crippen molar-refractivity contribution in [3.63, 3.8) is 0 Å². The molecule has 0 spiro atoms. The molecule has 0 saturated heterocycles. The summed E-state index contributed by atoms with van der Waals surface area (Å²) >= 11 is 0. The monoisotopic (exact) mass is 213 g/mol. The lowest BCUT2D eigenvalue weighted by Crippen LogP contribution is -2.52. The highest BCUT2D eigenvalue weighted by Crippen LogP contribution is 2.04. The van der Waals surface area contributed by atoms with Gasteiger partial charge in [0.2, 0.25) is 0 Å². The maximum atomic E-state index is 5.54. The van der Waals surface area contributed by atoms with E-state index in [1.807, 2.05) is 26.0 Å². The van der Waals surface area contributed by atoms with Gasteiger partial charge in [0.15, 0.2) is 0 Å². The van der Waals surface area contributed by atoms with Crippen LogP contribution in [0.2, 0.25) is 0 Å². The molecule has 86 valence electrons. The largest absolute Gasteiger partial charge is 0.361 e. The van der Waals surface area contributed by atoms with Crippen LogP contribution in [0.3, 0.4) is 0 Å². The van der Waals surface area contributed by atoms with Crippen molar-refractivity contribution < 1.29 is 4.74 Å². The lowest BCUT2D eigenvalue weighted by Gasteiger charge is -2.23. The Balaban J connectivity index is 2.36. The van der Waals surface area contributed by atoms with Crippen LogP contribution in [0.4, 0.5) is 0 Å². The summed E-state index contributed by atoms with van der Waals surface area (Å²) in [6, 6.07) is 0. The van der Waals surface area contributed by atoms with Gasteiger partial charge >= 0.3 is 0 Å². The number of dihydropyridines is 1. The zero-order chi connectivity index (χ0) is 11.3. The second-order valence-corrected chi connectivity index (χ2v) is 3.52. The van der Waals surface area contributed by atoms with Gasteiger partial charge in [-0.1, -0.05) is 0 Å². The van der Waals surface area contributed by atoms with Crippen LogP contribution in [0.5, 0.6) is 0 Å². The van der Waals surface area contributed by atoms with Gasteiger partial charge < -0.3 is 15.4 Å². The third-order valence-corrected chi connectivity index (χ3v) is 1.77. The van der Waals surface area contributed by atoms with Crippen molar-refractivity contribution in [2.24, 2.45) is 11.6 Å². The fraction of sp³-hybridized carbons (Fsp3) is 0.556. The summed E-state index contributed by atoms with van der Waals surface area (Å²) in [5.74, 6) is 5.15. The molecule has 7 N–H and O–H groups in total. The van der Waals surface area contributed by atoms with Gasteiger partial charge in [-0.25, -0.2) is 5.43 Å². The third kappa shape index (κ3) is 4.30. The van der Waals surface area contributed by atoms with Gasteiger partial charge in [-0.3, -0.25) is 11.6 Å². The number of hydrazine groups is 1. The number of rotatable bonds is 5. The van der Waals surface area contributed by atoms with E-state index in [1.54, 1.807) is 6.20 Å². The normalized spacial score (nSPS) is 22.2. The van der Waals surface area contributed by atoms with Crippen LogP contribution in [0.25, 0.3) is 0 Å². The average molecular weight is 213 g/mol. The molecule has 0 aliphatic carbocycles. The summed E-state index contributed by atoms with van der Waals surface area (Å²) in [5.41, 5.74) is 8.78. The highest BCUT2D eigenvalue weighted by atomic mass is 16.5. The maximum absolute atomic E-state index is 5.54. The summed E-state index contributed by atoms with van der Waals surface area (Å²) in [6.07, 6.45) is 5.22. The predicted molar refractivity (Wildman–Crippen MR) is 58.8 cm³/mol.